The van der Waals surface area contributed by atoms with Gasteiger partial charge in [-0.3, -0.25) is 9.59 Å². The van der Waals surface area contributed by atoms with Gasteiger partial charge in [0.2, 0.25) is 0 Å². The number of Topliss-reactive ketones (excluding diaryl/α,β-unsaturated/α-hetero) is 1. The van der Waals surface area contributed by atoms with Crippen LogP contribution in [0.25, 0.3) is 0 Å². The van der Waals surface area contributed by atoms with Crippen LogP contribution >= 0.6 is 0 Å². The van der Waals surface area contributed by atoms with Crippen molar-refractivity contribution in [2.24, 2.45) is 5.92 Å². The molecule has 29 heavy (non-hydrogen) atoms. The lowest BCUT2D eigenvalue weighted by atomic mass is 9.93. The van der Waals surface area contributed by atoms with Gasteiger partial charge in [-0.25, -0.2) is 8.78 Å². The van der Waals surface area contributed by atoms with Crippen LogP contribution in [0.15, 0.2) is 24.3 Å². The predicted molar refractivity (Wildman–Crippen MR) is 103 cm³/mol. The fourth-order valence-corrected chi connectivity index (χ4v) is 2.79. The number of amides is 1. The maximum atomic E-state index is 13.0. The summed E-state index contributed by atoms with van der Waals surface area (Å²) in [7, 11) is 0. The molecule has 0 saturated carbocycles. The maximum Gasteiger partial charge on any atom is 0.269 e. The second-order valence-electron chi connectivity index (χ2n) is 7.03. The van der Waals surface area contributed by atoms with E-state index in [9.17, 15) is 23.5 Å². The predicted octanol–water partition coefficient (Wildman–Crippen LogP) is 2.17. The molecule has 0 spiro atoms. The van der Waals surface area contributed by atoms with Gasteiger partial charge in [0, 0.05) is 30.3 Å². The minimum Gasteiger partial charge on any atom is -0.382 e. The highest BCUT2D eigenvalue weighted by Crippen LogP contribution is 2.21. The Kier molecular flexibility index (Phi) is 7.90. The largest absolute Gasteiger partial charge is 0.382 e. The molecule has 2 N–H and O–H groups in total. The first-order valence-corrected chi connectivity index (χ1v) is 9.23. The Morgan fingerprint density at radius 2 is 1.83 bits per heavy atom. The first-order valence-electron chi connectivity index (χ1n) is 9.23. The van der Waals surface area contributed by atoms with Gasteiger partial charge < -0.3 is 15.2 Å². The summed E-state index contributed by atoms with van der Waals surface area (Å²) in [5.74, 6) is 10.3. The van der Waals surface area contributed by atoms with Crippen LogP contribution in [0.4, 0.5) is 8.78 Å². The van der Waals surface area contributed by atoms with Crippen molar-refractivity contribution in [3.8, 4) is 23.7 Å². The molecular formula is C22H23F2NO4. The summed E-state index contributed by atoms with van der Waals surface area (Å²) in [5, 5.41) is 12.0. The molecule has 2 atom stereocenters. The first-order chi connectivity index (χ1) is 13.7. The molecule has 1 aliphatic heterocycles. The number of hydrogen-bond acceptors (Lipinski definition) is 4. The van der Waals surface area contributed by atoms with E-state index >= 15 is 0 Å². The second-order valence-corrected chi connectivity index (χ2v) is 7.03. The van der Waals surface area contributed by atoms with Crippen LogP contribution in [0.1, 0.15) is 42.6 Å². The second kappa shape index (κ2) is 10.2. The number of ketones is 1. The molecular weight excluding hydrogens is 380 g/mol. The number of halogens is 2. The molecule has 1 saturated heterocycles. The van der Waals surface area contributed by atoms with E-state index in [1.54, 1.807) is 12.1 Å². The van der Waals surface area contributed by atoms with Crippen molar-refractivity contribution in [1.82, 2.24) is 5.32 Å². The number of alkyl halides is 2. The smallest absolute Gasteiger partial charge is 0.269 e. The number of benzene rings is 1. The Balaban J connectivity index is 2.02. The molecule has 0 aliphatic carbocycles. The number of rotatable bonds is 5. The third kappa shape index (κ3) is 6.39. The molecule has 0 bridgehead atoms. The topological polar surface area (TPSA) is 75.6 Å². The fourth-order valence-electron chi connectivity index (χ4n) is 2.79. The molecule has 5 nitrogen and oxygen atoms in total. The molecule has 154 valence electrons. The van der Waals surface area contributed by atoms with E-state index in [1.165, 1.54) is 12.1 Å². The normalized spacial score (nSPS) is 17.2. The number of carbonyl (C=O) groups is 2. The Morgan fingerprint density at radius 3 is 2.38 bits per heavy atom. The van der Waals surface area contributed by atoms with Crippen molar-refractivity contribution in [1.29, 1.82) is 0 Å². The first kappa shape index (κ1) is 22.5. The molecule has 7 heteroatoms. The molecule has 0 aromatic heterocycles. The quantitative estimate of drug-likeness (QED) is 0.739. The summed E-state index contributed by atoms with van der Waals surface area (Å²) in [6.07, 6.45) is -1.40. The number of aliphatic hydroxyl groups is 1. The van der Waals surface area contributed by atoms with Gasteiger partial charge >= 0.3 is 0 Å². The van der Waals surface area contributed by atoms with Crippen LogP contribution < -0.4 is 5.32 Å². The van der Waals surface area contributed by atoms with Gasteiger partial charge in [0.1, 0.15) is 11.6 Å². The Morgan fingerprint density at radius 1 is 1.21 bits per heavy atom. The zero-order chi connectivity index (χ0) is 21.4. The van der Waals surface area contributed by atoms with E-state index in [-0.39, 0.29) is 5.56 Å². The summed E-state index contributed by atoms with van der Waals surface area (Å²) >= 11 is 0. The van der Waals surface area contributed by atoms with Crippen molar-refractivity contribution in [3.05, 3.63) is 35.4 Å². The highest BCUT2D eigenvalue weighted by molar-refractivity contribution is 5.98. The standard InChI is InChI=1S/C22H23F2NO4/c1-15(26)19(22(2,28)21(23)24)25-20(27)18-9-7-16(8-10-18)5-3-4-6-17-11-13-29-14-12-17/h7-10,17,19,21,28H,11-14H2,1-2H3,(H,25,27)/t19-,22+/m1/s1. The third-order valence-electron chi connectivity index (χ3n) is 4.62. The number of nitrogens with one attached hydrogen (secondary N) is 1. The highest BCUT2D eigenvalue weighted by atomic mass is 19.3. The molecule has 1 aliphatic rings. The summed E-state index contributed by atoms with van der Waals surface area (Å²) in [4.78, 5) is 23.9. The van der Waals surface area contributed by atoms with E-state index in [0.717, 1.165) is 26.7 Å². The van der Waals surface area contributed by atoms with Gasteiger partial charge in [0.15, 0.2) is 5.78 Å². The molecule has 0 radical (unpaired) electrons. The summed E-state index contributed by atoms with van der Waals surface area (Å²) < 4.78 is 31.3. The van der Waals surface area contributed by atoms with Gasteiger partial charge in [0.05, 0.1) is 0 Å². The molecule has 1 aromatic carbocycles. The zero-order valence-electron chi connectivity index (χ0n) is 16.3. The number of ether oxygens (including phenoxy) is 1. The van der Waals surface area contributed by atoms with Gasteiger partial charge in [-0.05, 0) is 62.8 Å². The average Bonchev–Trinajstić information content (AvgIpc) is 2.70. The van der Waals surface area contributed by atoms with Crippen LogP contribution in [0.3, 0.4) is 0 Å². The molecule has 2 rings (SSSR count). The summed E-state index contributed by atoms with van der Waals surface area (Å²) in [6.45, 7) is 3.27. The molecule has 1 heterocycles. The lowest BCUT2D eigenvalue weighted by molar-refractivity contribution is -0.138. The minimum absolute atomic E-state index is 0.153. The van der Waals surface area contributed by atoms with E-state index in [2.05, 4.69) is 29.0 Å². The van der Waals surface area contributed by atoms with E-state index < -0.39 is 29.8 Å². The van der Waals surface area contributed by atoms with Crippen LogP contribution in [0.5, 0.6) is 0 Å². The van der Waals surface area contributed by atoms with Crippen LogP contribution in [-0.2, 0) is 9.53 Å². The average molecular weight is 403 g/mol. The van der Waals surface area contributed by atoms with Gasteiger partial charge in [-0.15, -0.1) is 0 Å². The van der Waals surface area contributed by atoms with Crippen LogP contribution in [-0.4, -0.2) is 48.1 Å². The van der Waals surface area contributed by atoms with Gasteiger partial charge in [0.25, 0.3) is 12.3 Å². The van der Waals surface area contributed by atoms with E-state index in [4.69, 9.17) is 4.74 Å². The van der Waals surface area contributed by atoms with E-state index in [0.29, 0.717) is 24.7 Å². The van der Waals surface area contributed by atoms with Crippen molar-refractivity contribution in [2.45, 2.75) is 44.8 Å². The molecule has 1 amide bonds. The van der Waals surface area contributed by atoms with Crippen molar-refractivity contribution < 1.29 is 28.2 Å². The van der Waals surface area contributed by atoms with Crippen molar-refractivity contribution in [2.75, 3.05) is 13.2 Å². The van der Waals surface area contributed by atoms with Gasteiger partial charge in [-0.1, -0.05) is 11.8 Å². The Bertz CT molecular complexity index is 851. The van der Waals surface area contributed by atoms with Crippen molar-refractivity contribution >= 4 is 11.7 Å². The highest BCUT2D eigenvalue weighted by Gasteiger charge is 2.44. The zero-order valence-corrected chi connectivity index (χ0v) is 16.3. The molecule has 1 aromatic rings. The molecule has 0 unspecified atom stereocenters. The SMILES string of the molecule is CC(=O)[C@@H](NC(=O)c1ccc(C#CC#CC2CCOCC2)cc1)[C@](C)(O)C(F)F. The van der Waals surface area contributed by atoms with Crippen molar-refractivity contribution in [3.63, 3.8) is 0 Å². The molecule has 1 fully saturated rings. The lowest BCUT2D eigenvalue weighted by Gasteiger charge is -2.30. The van der Waals surface area contributed by atoms with E-state index in [1.807, 2.05) is 0 Å². The van der Waals surface area contributed by atoms with Crippen LogP contribution in [0, 0.1) is 29.6 Å². The summed E-state index contributed by atoms with van der Waals surface area (Å²) in [5.41, 5.74) is -1.89. The third-order valence-corrected chi connectivity index (χ3v) is 4.62. The number of hydrogen-bond donors (Lipinski definition) is 2. The van der Waals surface area contributed by atoms with Gasteiger partial charge in [-0.2, -0.15) is 0 Å². The fraction of sp³-hybridized carbons (Fsp3) is 0.455. The Labute approximate surface area is 168 Å². The summed E-state index contributed by atoms with van der Waals surface area (Å²) in [6, 6.07) is 4.37. The number of carbonyl (C=O) groups excluding carboxylic acids is 2. The lowest BCUT2D eigenvalue weighted by Crippen LogP contribution is -2.58. The Hall–Kier alpha value is -2.74. The maximum absolute atomic E-state index is 13.0. The minimum atomic E-state index is -3.20. The monoisotopic (exact) mass is 403 g/mol. The van der Waals surface area contributed by atoms with Crippen LogP contribution in [0.2, 0.25) is 0 Å².